The van der Waals surface area contributed by atoms with Crippen molar-refractivity contribution in [2.75, 3.05) is 13.1 Å². The summed E-state index contributed by atoms with van der Waals surface area (Å²) in [5, 5.41) is 7.54. The van der Waals surface area contributed by atoms with Gasteiger partial charge in [0, 0.05) is 36.5 Å². The van der Waals surface area contributed by atoms with Crippen molar-refractivity contribution < 1.29 is 0 Å². The lowest BCUT2D eigenvalue weighted by Gasteiger charge is -2.31. The minimum absolute atomic E-state index is 0.414. The van der Waals surface area contributed by atoms with Crippen molar-refractivity contribution in [1.82, 2.24) is 30.0 Å². The smallest absolute Gasteiger partial charge is 0.181 e. The second-order valence-electron chi connectivity index (χ2n) is 6.06. The first-order valence-electron chi connectivity index (χ1n) is 8.06. The van der Waals surface area contributed by atoms with Gasteiger partial charge in [0.1, 0.15) is 5.82 Å². The largest absolute Gasteiger partial charge is 0.347 e. The van der Waals surface area contributed by atoms with E-state index in [1.165, 1.54) is 6.42 Å². The zero-order chi connectivity index (χ0) is 15.5. The minimum atomic E-state index is 0.414. The highest BCUT2D eigenvalue weighted by Crippen LogP contribution is 2.26. The van der Waals surface area contributed by atoms with E-state index in [1.807, 2.05) is 36.5 Å². The molecule has 1 saturated heterocycles. The summed E-state index contributed by atoms with van der Waals surface area (Å²) in [5.74, 6) is 2.20. The zero-order valence-electron chi connectivity index (χ0n) is 12.9. The summed E-state index contributed by atoms with van der Waals surface area (Å²) in [4.78, 5) is 14.4. The van der Waals surface area contributed by atoms with Gasteiger partial charge in [0.2, 0.25) is 0 Å². The molecule has 1 aliphatic rings. The van der Waals surface area contributed by atoms with Crippen molar-refractivity contribution >= 4 is 0 Å². The van der Waals surface area contributed by atoms with Crippen LogP contribution in [0.4, 0.5) is 0 Å². The van der Waals surface area contributed by atoms with Crippen LogP contribution in [0.3, 0.4) is 0 Å². The summed E-state index contributed by atoms with van der Waals surface area (Å²) in [6.45, 7) is 3.04. The molecule has 1 aliphatic heterocycles. The first-order chi connectivity index (χ1) is 11.4. The molecule has 0 radical (unpaired) electrons. The van der Waals surface area contributed by atoms with Crippen molar-refractivity contribution in [2.45, 2.75) is 25.3 Å². The molecule has 23 heavy (non-hydrogen) atoms. The van der Waals surface area contributed by atoms with E-state index in [1.54, 1.807) is 6.33 Å². The third kappa shape index (κ3) is 3.17. The Hall–Kier alpha value is -2.47. The molecule has 1 fully saturated rings. The molecule has 3 heterocycles. The molecule has 3 aromatic rings. The molecule has 6 heteroatoms. The predicted molar refractivity (Wildman–Crippen MR) is 87.7 cm³/mol. The average Bonchev–Trinajstić information content (AvgIpc) is 3.28. The Morgan fingerprint density at radius 1 is 1.22 bits per heavy atom. The first-order valence-corrected chi connectivity index (χ1v) is 8.06. The maximum absolute atomic E-state index is 4.72. The number of aromatic amines is 2. The highest BCUT2D eigenvalue weighted by atomic mass is 15.2. The number of aromatic nitrogens is 5. The number of nitrogens with one attached hydrogen (secondary N) is 2. The number of piperidine rings is 1. The lowest BCUT2D eigenvalue weighted by atomic mass is 9.97. The highest BCUT2D eigenvalue weighted by Gasteiger charge is 2.24. The van der Waals surface area contributed by atoms with E-state index in [0.717, 1.165) is 49.0 Å². The monoisotopic (exact) mass is 308 g/mol. The van der Waals surface area contributed by atoms with Gasteiger partial charge in [-0.1, -0.05) is 30.3 Å². The predicted octanol–water partition coefficient (Wildman–Crippen LogP) is 2.57. The van der Waals surface area contributed by atoms with Crippen molar-refractivity contribution in [2.24, 2.45) is 0 Å². The molecule has 0 bridgehead atoms. The maximum Gasteiger partial charge on any atom is 0.181 e. The van der Waals surface area contributed by atoms with Gasteiger partial charge in [-0.2, -0.15) is 5.10 Å². The van der Waals surface area contributed by atoms with E-state index in [2.05, 4.69) is 25.1 Å². The van der Waals surface area contributed by atoms with Crippen LogP contribution in [0, 0.1) is 0 Å². The summed E-state index contributed by atoms with van der Waals surface area (Å²) in [7, 11) is 0. The van der Waals surface area contributed by atoms with E-state index < -0.39 is 0 Å². The number of hydrogen-bond donors (Lipinski definition) is 2. The van der Waals surface area contributed by atoms with Crippen LogP contribution in [0.1, 0.15) is 30.3 Å². The molecule has 0 aliphatic carbocycles. The number of rotatable bonds is 4. The standard InChI is InChI=1S/C17H20N6/c1-2-5-13(6-3-1)16-20-17(22-21-16)14-7-4-8-23(10-14)11-15-9-18-12-19-15/h1-3,5-6,9,12,14H,4,7-8,10-11H2,(H,18,19)(H,20,21,22). The molecule has 0 saturated carbocycles. The van der Waals surface area contributed by atoms with Crippen molar-refractivity contribution in [3.05, 3.63) is 54.4 Å². The van der Waals surface area contributed by atoms with Crippen LogP contribution < -0.4 is 0 Å². The fraction of sp³-hybridized carbons (Fsp3) is 0.353. The molecule has 1 aromatic carbocycles. The molecule has 0 spiro atoms. The first kappa shape index (κ1) is 14.1. The Bertz CT molecular complexity index is 734. The number of likely N-dealkylation sites (tertiary alicyclic amines) is 1. The Kier molecular flexibility index (Phi) is 3.90. The summed E-state index contributed by atoms with van der Waals surface area (Å²) < 4.78 is 0. The Morgan fingerprint density at radius 2 is 2.13 bits per heavy atom. The van der Waals surface area contributed by atoms with Crippen molar-refractivity contribution in [3.8, 4) is 11.4 Å². The SMILES string of the molecule is c1ccc(-c2n[nH]c(C3CCCN(Cc4cnc[nH]4)C3)n2)cc1. The second kappa shape index (κ2) is 6.34. The molecular formula is C17H20N6. The van der Waals surface area contributed by atoms with Crippen LogP contribution in [-0.4, -0.2) is 43.1 Å². The van der Waals surface area contributed by atoms with E-state index in [9.17, 15) is 0 Å². The molecule has 2 aromatic heterocycles. The van der Waals surface area contributed by atoms with E-state index in [-0.39, 0.29) is 0 Å². The summed E-state index contributed by atoms with van der Waals surface area (Å²) >= 11 is 0. The third-order valence-electron chi connectivity index (χ3n) is 4.38. The number of H-pyrrole nitrogens is 2. The van der Waals surface area contributed by atoms with Crippen LogP contribution in [0.15, 0.2) is 42.9 Å². The van der Waals surface area contributed by atoms with Gasteiger partial charge in [0.25, 0.3) is 0 Å². The molecule has 1 atom stereocenters. The normalized spacial score (nSPS) is 19.0. The van der Waals surface area contributed by atoms with Gasteiger partial charge in [-0.05, 0) is 19.4 Å². The van der Waals surface area contributed by atoms with Crippen LogP contribution in [0.25, 0.3) is 11.4 Å². The number of nitrogens with zero attached hydrogens (tertiary/aromatic N) is 4. The summed E-state index contributed by atoms with van der Waals surface area (Å²) in [5.41, 5.74) is 2.22. The van der Waals surface area contributed by atoms with Crippen LogP contribution >= 0.6 is 0 Å². The summed E-state index contributed by atoms with van der Waals surface area (Å²) in [6, 6.07) is 10.1. The quantitative estimate of drug-likeness (QED) is 0.777. The minimum Gasteiger partial charge on any atom is -0.347 e. The van der Waals surface area contributed by atoms with Gasteiger partial charge in [-0.25, -0.2) is 9.97 Å². The zero-order valence-corrected chi connectivity index (χ0v) is 12.9. The van der Waals surface area contributed by atoms with E-state index in [4.69, 9.17) is 4.98 Å². The van der Waals surface area contributed by atoms with Crippen LogP contribution in [0.5, 0.6) is 0 Å². The van der Waals surface area contributed by atoms with Crippen LogP contribution in [-0.2, 0) is 6.54 Å². The van der Waals surface area contributed by atoms with Crippen molar-refractivity contribution in [3.63, 3.8) is 0 Å². The second-order valence-corrected chi connectivity index (χ2v) is 6.06. The third-order valence-corrected chi connectivity index (χ3v) is 4.38. The number of benzene rings is 1. The molecule has 118 valence electrons. The van der Waals surface area contributed by atoms with E-state index in [0.29, 0.717) is 5.92 Å². The molecular weight excluding hydrogens is 288 g/mol. The van der Waals surface area contributed by atoms with Gasteiger partial charge < -0.3 is 4.98 Å². The highest BCUT2D eigenvalue weighted by molar-refractivity contribution is 5.53. The number of imidazole rings is 1. The van der Waals surface area contributed by atoms with Gasteiger partial charge in [-0.15, -0.1) is 0 Å². The lowest BCUT2D eigenvalue weighted by molar-refractivity contribution is 0.195. The van der Waals surface area contributed by atoms with Crippen LogP contribution in [0.2, 0.25) is 0 Å². The van der Waals surface area contributed by atoms with Gasteiger partial charge in [0.15, 0.2) is 5.82 Å². The topological polar surface area (TPSA) is 73.5 Å². The fourth-order valence-corrected chi connectivity index (χ4v) is 3.21. The fourth-order valence-electron chi connectivity index (χ4n) is 3.21. The Balaban J connectivity index is 1.46. The molecule has 1 unspecified atom stereocenters. The van der Waals surface area contributed by atoms with Crippen molar-refractivity contribution in [1.29, 1.82) is 0 Å². The molecule has 6 nitrogen and oxygen atoms in total. The summed E-state index contributed by atoms with van der Waals surface area (Å²) in [6.07, 6.45) is 5.97. The molecule has 0 amide bonds. The van der Waals surface area contributed by atoms with E-state index >= 15 is 0 Å². The lowest BCUT2D eigenvalue weighted by Crippen LogP contribution is -2.34. The van der Waals surface area contributed by atoms with Gasteiger partial charge >= 0.3 is 0 Å². The molecule has 2 N–H and O–H groups in total. The maximum atomic E-state index is 4.72. The van der Waals surface area contributed by atoms with Gasteiger partial charge in [-0.3, -0.25) is 10.00 Å². The molecule has 4 rings (SSSR count). The van der Waals surface area contributed by atoms with Gasteiger partial charge in [0.05, 0.1) is 6.33 Å². The Labute approximate surface area is 135 Å². The Morgan fingerprint density at radius 3 is 2.96 bits per heavy atom. The number of hydrogen-bond acceptors (Lipinski definition) is 4. The average molecular weight is 308 g/mol.